The first-order chi connectivity index (χ1) is 16.1. The molecule has 0 aliphatic carbocycles. The smallest absolute Gasteiger partial charge is 0.251 e. The number of methoxy groups -OCH3 is 1. The van der Waals surface area contributed by atoms with Crippen molar-refractivity contribution in [1.29, 1.82) is 0 Å². The molecular weight excluding hydrogens is 543 g/mol. The minimum atomic E-state index is -0.136. The van der Waals surface area contributed by atoms with Gasteiger partial charge in [0.1, 0.15) is 11.5 Å². The highest BCUT2D eigenvalue weighted by Gasteiger charge is 2.09. The molecule has 0 bridgehead atoms. The molecule has 34 heavy (non-hydrogen) atoms. The molecule has 0 saturated carbocycles. The van der Waals surface area contributed by atoms with Crippen LogP contribution in [0.5, 0.6) is 5.75 Å². The monoisotopic (exact) mass is 576 g/mol. The van der Waals surface area contributed by atoms with Crippen LogP contribution < -0.4 is 20.7 Å². The Labute approximate surface area is 218 Å². The van der Waals surface area contributed by atoms with Crippen LogP contribution in [0.3, 0.4) is 0 Å². The van der Waals surface area contributed by atoms with Crippen LogP contribution in [0.1, 0.15) is 46.5 Å². The highest BCUT2D eigenvalue weighted by molar-refractivity contribution is 14.0. The number of carbonyl (C=O) groups excluding carboxylic acids is 1. The number of furan rings is 1. The van der Waals surface area contributed by atoms with E-state index in [2.05, 4.69) is 40.0 Å². The van der Waals surface area contributed by atoms with Gasteiger partial charge in [0.25, 0.3) is 5.91 Å². The Morgan fingerprint density at radius 2 is 1.82 bits per heavy atom. The van der Waals surface area contributed by atoms with E-state index in [4.69, 9.17) is 9.15 Å². The number of hydrogen-bond donors (Lipinski definition) is 3. The maximum Gasteiger partial charge on any atom is 0.251 e. The second kappa shape index (κ2) is 14.3. The summed E-state index contributed by atoms with van der Waals surface area (Å²) in [5.74, 6) is 2.59. The Morgan fingerprint density at radius 3 is 2.50 bits per heavy atom. The molecule has 2 aromatic carbocycles. The summed E-state index contributed by atoms with van der Waals surface area (Å²) in [4.78, 5) is 16.7. The predicted molar refractivity (Wildman–Crippen MR) is 146 cm³/mol. The molecule has 0 saturated heterocycles. The zero-order chi connectivity index (χ0) is 23.5. The molecule has 1 unspecified atom stereocenters. The molecule has 3 aromatic rings. The van der Waals surface area contributed by atoms with Crippen LogP contribution in [0.25, 0.3) is 0 Å². The van der Waals surface area contributed by atoms with Crippen LogP contribution in [0, 0.1) is 0 Å². The lowest BCUT2D eigenvalue weighted by molar-refractivity contribution is 0.0948. The lowest BCUT2D eigenvalue weighted by atomic mass is 9.98. The minimum Gasteiger partial charge on any atom is -0.497 e. The molecule has 8 heteroatoms. The van der Waals surface area contributed by atoms with E-state index in [1.807, 2.05) is 36.4 Å². The molecule has 1 atom stereocenters. The third-order valence-corrected chi connectivity index (χ3v) is 5.43. The van der Waals surface area contributed by atoms with E-state index < -0.39 is 0 Å². The second-order valence-corrected chi connectivity index (χ2v) is 7.78. The summed E-state index contributed by atoms with van der Waals surface area (Å²) < 4.78 is 10.5. The maximum absolute atomic E-state index is 12.4. The molecule has 0 fully saturated rings. The van der Waals surface area contributed by atoms with Crippen molar-refractivity contribution in [2.24, 2.45) is 4.99 Å². The second-order valence-electron chi connectivity index (χ2n) is 7.78. The van der Waals surface area contributed by atoms with Crippen molar-refractivity contribution in [3.05, 3.63) is 89.4 Å². The maximum atomic E-state index is 12.4. The number of aliphatic imine (C=N–C) groups is 1. The number of rotatable bonds is 10. The lowest BCUT2D eigenvalue weighted by Gasteiger charge is -2.16. The van der Waals surface area contributed by atoms with Crippen LogP contribution in [-0.4, -0.2) is 32.6 Å². The van der Waals surface area contributed by atoms with Crippen molar-refractivity contribution in [3.63, 3.8) is 0 Å². The molecule has 1 heterocycles. The Hall–Kier alpha value is -3.01. The molecule has 0 aliphatic heterocycles. The summed E-state index contributed by atoms with van der Waals surface area (Å²) in [6.45, 7) is 3.93. The van der Waals surface area contributed by atoms with E-state index >= 15 is 0 Å². The van der Waals surface area contributed by atoms with Crippen molar-refractivity contribution >= 4 is 35.8 Å². The summed E-state index contributed by atoms with van der Waals surface area (Å²) >= 11 is 0. The Morgan fingerprint density at radius 1 is 1.03 bits per heavy atom. The third kappa shape index (κ3) is 8.40. The van der Waals surface area contributed by atoms with Crippen molar-refractivity contribution in [1.82, 2.24) is 16.0 Å². The largest absolute Gasteiger partial charge is 0.497 e. The first-order valence-corrected chi connectivity index (χ1v) is 11.1. The number of guanidine groups is 1. The fraction of sp³-hybridized carbons (Fsp3) is 0.308. The number of amides is 1. The van der Waals surface area contributed by atoms with Crippen LogP contribution in [0.4, 0.5) is 0 Å². The zero-order valence-electron chi connectivity index (χ0n) is 19.8. The molecule has 1 amide bonds. The van der Waals surface area contributed by atoms with Crippen LogP contribution in [0.2, 0.25) is 0 Å². The van der Waals surface area contributed by atoms with Crippen LogP contribution >= 0.6 is 24.0 Å². The first kappa shape index (κ1) is 27.2. The number of nitrogens with one attached hydrogen (secondary N) is 3. The zero-order valence-corrected chi connectivity index (χ0v) is 22.2. The molecule has 3 N–H and O–H groups in total. The first-order valence-electron chi connectivity index (χ1n) is 11.1. The van der Waals surface area contributed by atoms with Gasteiger partial charge in [-0.05, 0) is 59.9 Å². The highest BCUT2D eigenvalue weighted by atomic mass is 127. The number of carbonyl (C=O) groups is 1. The summed E-state index contributed by atoms with van der Waals surface area (Å²) in [5.41, 5.74) is 2.88. The molecule has 1 aromatic heterocycles. The van der Waals surface area contributed by atoms with Gasteiger partial charge in [0.05, 0.1) is 19.9 Å². The highest BCUT2D eigenvalue weighted by Crippen LogP contribution is 2.21. The van der Waals surface area contributed by atoms with Crippen LogP contribution in [0.15, 0.2) is 76.3 Å². The van der Waals surface area contributed by atoms with E-state index in [1.54, 1.807) is 32.6 Å². The van der Waals surface area contributed by atoms with Gasteiger partial charge < -0.3 is 25.1 Å². The van der Waals surface area contributed by atoms with Gasteiger partial charge in [-0.2, -0.15) is 0 Å². The molecule has 0 radical (unpaired) electrons. The van der Waals surface area contributed by atoms with Gasteiger partial charge in [-0.25, -0.2) is 0 Å². The Kier molecular flexibility index (Phi) is 11.5. The fourth-order valence-electron chi connectivity index (χ4n) is 3.42. The summed E-state index contributed by atoms with van der Waals surface area (Å²) in [5, 5.41) is 9.54. The van der Waals surface area contributed by atoms with Gasteiger partial charge in [-0.3, -0.25) is 9.79 Å². The fourth-order valence-corrected chi connectivity index (χ4v) is 3.42. The number of nitrogens with zero attached hydrogens (tertiary/aromatic N) is 1. The average molecular weight is 576 g/mol. The summed E-state index contributed by atoms with van der Waals surface area (Å²) in [6.07, 6.45) is 2.56. The van der Waals surface area contributed by atoms with Crippen LogP contribution in [-0.2, 0) is 13.1 Å². The quantitative estimate of drug-likeness (QED) is 0.185. The van der Waals surface area contributed by atoms with E-state index in [0.29, 0.717) is 24.6 Å². The van der Waals surface area contributed by atoms with Gasteiger partial charge in [-0.15, -0.1) is 24.0 Å². The standard InChI is InChI=1S/C26H32N4O3.HI/c1-19(21-9-11-23(32-3)12-10-21)13-14-28-26(27-2)30-17-20-6-4-7-22(16-20)25(31)29-18-24-8-5-15-33-24;/h4-12,15-16,19H,13-14,17-18H2,1-3H3,(H,29,31)(H2,27,28,30);1H. The molecule has 0 aliphatic rings. The van der Waals surface area contributed by atoms with Gasteiger partial charge in [-0.1, -0.05) is 31.2 Å². The summed E-state index contributed by atoms with van der Waals surface area (Å²) in [7, 11) is 3.43. The van der Waals surface area contributed by atoms with E-state index in [0.717, 1.165) is 36.0 Å². The van der Waals surface area contributed by atoms with E-state index in [-0.39, 0.29) is 29.9 Å². The van der Waals surface area contributed by atoms with E-state index in [9.17, 15) is 4.79 Å². The normalized spacial score (nSPS) is 11.8. The Balaban J connectivity index is 0.00000408. The number of ether oxygens (including phenoxy) is 1. The minimum absolute atomic E-state index is 0. The number of halogens is 1. The SMILES string of the molecule is CN=C(NCCC(C)c1ccc(OC)cc1)NCc1cccc(C(=O)NCc2ccco2)c1.I. The predicted octanol–water partition coefficient (Wildman–Crippen LogP) is 4.70. The van der Waals surface area contributed by atoms with Gasteiger partial charge in [0.15, 0.2) is 5.96 Å². The van der Waals surface area contributed by atoms with E-state index in [1.165, 1.54) is 5.56 Å². The molecule has 182 valence electrons. The van der Waals surface area contributed by atoms with Gasteiger partial charge in [0, 0.05) is 25.7 Å². The van der Waals surface area contributed by atoms with Crippen molar-refractivity contribution < 1.29 is 13.9 Å². The summed E-state index contributed by atoms with van der Waals surface area (Å²) in [6, 6.07) is 19.4. The number of benzene rings is 2. The number of hydrogen-bond acceptors (Lipinski definition) is 4. The van der Waals surface area contributed by atoms with Gasteiger partial charge in [0.2, 0.25) is 0 Å². The topological polar surface area (TPSA) is 87.9 Å². The van der Waals surface area contributed by atoms with Crippen molar-refractivity contribution in [2.45, 2.75) is 32.4 Å². The lowest BCUT2D eigenvalue weighted by Crippen LogP contribution is -2.37. The van der Waals surface area contributed by atoms with Gasteiger partial charge >= 0.3 is 0 Å². The Bertz CT molecular complexity index is 1040. The molecule has 7 nitrogen and oxygen atoms in total. The van der Waals surface area contributed by atoms with Crippen molar-refractivity contribution in [3.8, 4) is 5.75 Å². The third-order valence-electron chi connectivity index (χ3n) is 5.43. The molecule has 3 rings (SSSR count). The average Bonchev–Trinajstić information content (AvgIpc) is 3.38. The molecule has 0 spiro atoms. The molecular formula is C26H33IN4O3. The van der Waals surface area contributed by atoms with Crippen molar-refractivity contribution in [2.75, 3.05) is 20.7 Å².